The van der Waals surface area contributed by atoms with Crippen LogP contribution in [-0.4, -0.2) is 22.2 Å². The van der Waals surface area contributed by atoms with Crippen LogP contribution in [0.1, 0.15) is 116 Å². The summed E-state index contributed by atoms with van der Waals surface area (Å²) in [6.45, 7) is 2.20. The molecule has 1 saturated carbocycles. The summed E-state index contributed by atoms with van der Waals surface area (Å²) in [5.41, 5.74) is 0. The minimum Gasteiger partial charge on any atom is -0.481 e. The van der Waals surface area contributed by atoms with Crippen molar-refractivity contribution >= 4 is 11.9 Å². The van der Waals surface area contributed by atoms with Gasteiger partial charge in [0.2, 0.25) is 0 Å². The van der Waals surface area contributed by atoms with Crippen LogP contribution in [0.15, 0.2) is 0 Å². The molecule has 0 radical (unpaired) electrons. The van der Waals surface area contributed by atoms with Gasteiger partial charge in [0.25, 0.3) is 0 Å². The topological polar surface area (TPSA) is 74.6 Å². The molecular formula is C21H40O4. The predicted molar refractivity (Wildman–Crippen MR) is 103 cm³/mol. The third kappa shape index (κ3) is 17.6. The quantitative estimate of drug-likeness (QED) is 0.373. The fourth-order valence-electron chi connectivity index (χ4n) is 3.29. The van der Waals surface area contributed by atoms with Crippen molar-refractivity contribution in [2.24, 2.45) is 5.92 Å². The molecule has 4 heteroatoms. The Bertz CT molecular complexity index is 312. The molecule has 0 amide bonds. The van der Waals surface area contributed by atoms with Gasteiger partial charge in [0.05, 0.1) is 12.3 Å². The normalized spacial score (nSPS) is 15.1. The first-order chi connectivity index (χ1) is 12.1. The maximum atomic E-state index is 10.8. The second-order valence-corrected chi connectivity index (χ2v) is 7.37. The molecule has 0 spiro atoms. The molecule has 1 rings (SSSR count). The van der Waals surface area contributed by atoms with Crippen molar-refractivity contribution in [1.29, 1.82) is 0 Å². The number of rotatable bonds is 13. The molecule has 0 heterocycles. The van der Waals surface area contributed by atoms with Gasteiger partial charge >= 0.3 is 11.9 Å². The molecule has 0 aromatic carbocycles. The lowest BCUT2D eigenvalue weighted by molar-refractivity contribution is -0.148. The Morgan fingerprint density at radius 1 is 0.720 bits per heavy atom. The van der Waals surface area contributed by atoms with Crippen molar-refractivity contribution in [3.63, 3.8) is 0 Å². The Hall–Kier alpha value is -1.06. The van der Waals surface area contributed by atoms with Gasteiger partial charge < -0.3 is 10.2 Å². The van der Waals surface area contributed by atoms with E-state index in [4.69, 9.17) is 10.2 Å². The van der Waals surface area contributed by atoms with E-state index in [1.165, 1.54) is 77.0 Å². The predicted octanol–water partition coefficient (Wildman–Crippen LogP) is 6.42. The highest BCUT2D eigenvalue weighted by molar-refractivity contribution is 5.77. The highest BCUT2D eigenvalue weighted by atomic mass is 16.4. The van der Waals surface area contributed by atoms with Gasteiger partial charge in [-0.3, -0.25) is 9.59 Å². The third-order valence-corrected chi connectivity index (χ3v) is 4.93. The van der Waals surface area contributed by atoms with Crippen LogP contribution in [-0.2, 0) is 9.59 Å². The largest absolute Gasteiger partial charge is 0.481 e. The summed E-state index contributed by atoms with van der Waals surface area (Å²) in [5.74, 6) is -2.73. The van der Waals surface area contributed by atoms with Gasteiger partial charge in [0.15, 0.2) is 0 Å². The molecule has 148 valence electrons. The zero-order valence-electron chi connectivity index (χ0n) is 16.3. The zero-order chi connectivity index (χ0) is 18.8. The van der Waals surface area contributed by atoms with E-state index in [9.17, 15) is 9.59 Å². The molecule has 2 N–H and O–H groups in total. The lowest BCUT2D eigenvalue weighted by atomic mass is 9.97. The average Bonchev–Trinajstić information content (AvgIpc) is 2.61. The molecule has 0 aromatic heterocycles. The van der Waals surface area contributed by atoms with E-state index in [1.54, 1.807) is 0 Å². The fraction of sp³-hybridized carbons (Fsp3) is 0.905. The first-order valence-electron chi connectivity index (χ1n) is 10.5. The molecule has 0 saturated heterocycles. The molecule has 4 nitrogen and oxygen atoms in total. The van der Waals surface area contributed by atoms with E-state index in [0.29, 0.717) is 6.42 Å². The number of unbranched alkanes of at least 4 members (excludes halogenated alkanes) is 8. The van der Waals surface area contributed by atoms with Crippen LogP contribution < -0.4 is 0 Å². The highest BCUT2D eigenvalue weighted by Crippen LogP contribution is 2.16. The molecule has 1 fully saturated rings. The van der Waals surface area contributed by atoms with Crippen molar-refractivity contribution in [3.05, 3.63) is 0 Å². The highest BCUT2D eigenvalue weighted by Gasteiger charge is 2.20. The molecule has 1 aliphatic carbocycles. The summed E-state index contributed by atoms with van der Waals surface area (Å²) in [4.78, 5) is 21.3. The Morgan fingerprint density at radius 3 is 1.48 bits per heavy atom. The van der Waals surface area contributed by atoms with Gasteiger partial charge in [0, 0.05) is 0 Å². The van der Waals surface area contributed by atoms with E-state index in [-0.39, 0.29) is 6.42 Å². The molecular weight excluding hydrogens is 316 g/mol. The van der Waals surface area contributed by atoms with E-state index in [2.05, 4.69) is 6.92 Å². The van der Waals surface area contributed by atoms with Crippen molar-refractivity contribution in [1.82, 2.24) is 0 Å². The number of hydrogen-bond acceptors (Lipinski definition) is 2. The molecule has 1 aliphatic rings. The van der Waals surface area contributed by atoms with Gasteiger partial charge in [-0.05, 0) is 6.42 Å². The molecule has 0 aromatic rings. The van der Waals surface area contributed by atoms with Gasteiger partial charge in [0.1, 0.15) is 0 Å². The Balaban J connectivity index is 0.000000796. The smallest absolute Gasteiger partial charge is 0.307 e. The number of carboxylic acid groups (broad SMARTS) is 2. The Kier molecular flexibility index (Phi) is 17.0. The van der Waals surface area contributed by atoms with Crippen molar-refractivity contribution in [2.45, 2.75) is 116 Å². The lowest BCUT2D eigenvalue weighted by Gasteiger charge is -2.09. The van der Waals surface area contributed by atoms with Crippen LogP contribution in [0.25, 0.3) is 0 Å². The van der Waals surface area contributed by atoms with Crippen LogP contribution in [0.2, 0.25) is 0 Å². The minimum absolute atomic E-state index is 0.258. The number of hydrogen-bond donors (Lipinski definition) is 2. The number of carbonyl (C=O) groups is 2. The summed E-state index contributed by atoms with van der Waals surface area (Å²) in [7, 11) is 0. The van der Waals surface area contributed by atoms with Crippen molar-refractivity contribution < 1.29 is 19.8 Å². The number of aliphatic carboxylic acids is 2. The second kappa shape index (κ2) is 17.8. The van der Waals surface area contributed by atoms with E-state index in [0.717, 1.165) is 19.3 Å². The SMILES string of the molecule is C1CCCCC1.CCCCCCCCCCCC(CC(=O)O)C(=O)O. The summed E-state index contributed by atoms with van der Waals surface area (Å²) >= 11 is 0. The maximum Gasteiger partial charge on any atom is 0.307 e. The first-order valence-corrected chi connectivity index (χ1v) is 10.5. The van der Waals surface area contributed by atoms with Crippen LogP contribution in [0.4, 0.5) is 0 Å². The van der Waals surface area contributed by atoms with Crippen LogP contribution >= 0.6 is 0 Å². The third-order valence-electron chi connectivity index (χ3n) is 4.93. The van der Waals surface area contributed by atoms with Gasteiger partial charge in [-0.1, -0.05) is 103 Å². The summed E-state index contributed by atoms with van der Waals surface area (Å²) < 4.78 is 0. The monoisotopic (exact) mass is 356 g/mol. The fourth-order valence-corrected chi connectivity index (χ4v) is 3.29. The van der Waals surface area contributed by atoms with E-state index < -0.39 is 17.9 Å². The summed E-state index contributed by atoms with van der Waals surface area (Å²) in [5, 5.41) is 17.5. The zero-order valence-corrected chi connectivity index (χ0v) is 16.3. The lowest BCUT2D eigenvalue weighted by Crippen LogP contribution is -2.17. The van der Waals surface area contributed by atoms with Gasteiger partial charge in [-0.25, -0.2) is 0 Å². The standard InChI is InChI=1S/C15H28O4.C6H12/c1-2-3-4-5-6-7-8-9-10-11-13(15(18)19)12-14(16)17;1-2-4-6-5-3-1/h13H,2-12H2,1H3,(H,16,17)(H,18,19);1-6H2. The Labute approximate surface area is 154 Å². The summed E-state index contributed by atoms with van der Waals surface area (Å²) in [6.07, 6.45) is 19.8. The molecule has 0 aliphatic heterocycles. The summed E-state index contributed by atoms with van der Waals surface area (Å²) in [6, 6.07) is 0. The second-order valence-electron chi connectivity index (χ2n) is 7.37. The van der Waals surface area contributed by atoms with Crippen molar-refractivity contribution in [3.8, 4) is 0 Å². The Morgan fingerprint density at radius 2 is 1.12 bits per heavy atom. The van der Waals surface area contributed by atoms with Crippen LogP contribution in [0.3, 0.4) is 0 Å². The number of carboxylic acids is 2. The molecule has 1 unspecified atom stereocenters. The van der Waals surface area contributed by atoms with E-state index >= 15 is 0 Å². The molecule has 0 bridgehead atoms. The van der Waals surface area contributed by atoms with Crippen molar-refractivity contribution in [2.75, 3.05) is 0 Å². The first kappa shape index (κ1) is 23.9. The van der Waals surface area contributed by atoms with Gasteiger partial charge in [-0.2, -0.15) is 0 Å². The maximum absolute atomic E-state index is 10.8. The van der Waals surface area contributed by atoms with E-state index in [1.807, 2.05) is 0 Å². The minimum atomic E-state index is -1.02. The van der Waals surface area contributed by atoms with Crippen LogP contribution in [0.5, 0.6) is 0 Å². The average molecular weight is 357 g/mol. The van der Waals surface area contributed by atoms with Crippen LogP contribution in [0, 0.1) is 5.92 Å². The molecule has 25 heavy (non-hydrogen) atoms. The van der Waals surface area contributed by atoms with Gasteiger partial charge in [-0.15, -0.1) is 0 Å². The molecule has 1 atom stereocenters.